The molecule has 18 heavy (non-hydrogen) atoms. The summed E-state index contributed by atoms with van der Waals surface area (Å²) >= 11 is 5.88. The lowest BCUT2D eigenvalue weighted by Gasteiger charge is -2.23. The van der Waals surface area contributed by atoms with E-state index in [9.17, 15) is 4.79 Å². The van der Waals surface area contributed by atoms with E-state index in [0.29, 0.717) is 23.0 Å². The highest BCUT2D eigenvalue weighted by Gasteiger charge is 2.11. The lowest BCUT2D eigenvalue weighted by atomic mass is 10.1. The number of nitrogens with zero attached hydrogens (tertiary/aromatic N) is 1. The van der Waals surface area contributed by atoms with Crippen LogP contribution in [0.15, 0.2) is 24.3 Å². The predicted molar refractivity (Wildman–Crippen MR) is 77.4 cm³/mol. The number of halogens is 1. The molecule has 0 heterocycles. The van der Waals surface area contributed by atoms with Gasteiger partial charge in [-0.05, 0) is 32.5 Å². The van der Waals surface area contributed by atoms with Crippen molar-refractivity contribution in [2.75, 3.05) is 13.6 Å². The molecule has 0 aliphatic carbocycles. The second-order valence-corrected chi connectivity index (χ2v) is 5.24. The molecule has 100 valence electrons. The largest absolute Gasteiger partial charge is 0.303 e. The molecule has 0 spiro atoms. The Morgan fingerprint density at radius 1 is 1.44 bits per heavy atom. The third-order valence-corrected chi connectivity index (χ3v) is 3.53. The Balaban J connectivity index is 2.46. The third-order valence-electron chi connectivity index (χ3n) is 3.30. The van der Waals surface area contributed by atoms with Gasteiger partial charge in [0.05, 0.1) is 0 Å². The summed E-state index contributed by atoms with van der Waals surface area (Å²) in [6, 6.07) is 7.69. The SMILES string of the molecule is CCCC(C)N(C)CCC(=O)c1cccc(Cl)c1. The summed E-state index contributed by atoms with van der Waals surface area (Å²) in [5, 5.41) is 0.619. The van der Waals surface area contributed by atoms with Crippen molar-refractivity contribution in [2.24, 2.45) is 0 Å². The molecule has 0 aromatic heterocycles. The van der Waals surface area contributed by atoms with Crippen molar-refractivity contribution >= 4 is 17.4 Å². The summed E-state index contributed by atoms with van der Waals surface area (Å²) < 4.78 is 0. The Labute approximate surface area is 115 Å². The second kappa shape index (κ2) is 7.55. The topological polar surface area (TPSA) is 20.3 Å². The molecule has 1 rings (SSSR count). The monoisotopic (exact) mass is 267 g/mol. The van der Waals surface area contributed by atoms with Gasteiger partial charge in [-0.25, -0.2) is 0 Å². The molecule has 1 aromatic rings. The smallest absolute Gasteiger partial charge is 0.164 e. The van der Waals surface area contributed by atoms with E-state index in [2.05, 4.69) is 25.8 Å². The van der Waals surface area contributed by atoms with E-state index in [0.717, 1.165) is 6.54 Å². The van der Waals surface area contributed by atoms with Crippen LogP contribution in [0.4, 0.5) is 0 Å². The van der Waals surface area contributed by atoms with Crippen molar-refractivity contribution < 1.29 is 4.79 Å². The van der Waals surface area contributed by atoms with E-state index in [1.54, 1.807) is 12.1 Å². The van der Waals surface area contributed by atoms with Crippen LogP contribution in [0, 0.1) is 0 Å². The molecule has 1 atom stereocenters. The predicted octanol–water partition coefficient (Wildman–Crippen LogP) is 4.03. The Morgan fingerprint density at radius 2 is 2.17 bits per heavy atom. The highest BCUT2D eigenvalue weighted by molar-refractivity contribution is 6.31. The minimum atomic E-state index is 0.160. The van der Waals surface area contributed by atoms with E-state index >= 15 is 0 Å². The normalized spacial score (nSPS) is 12.7. The number of hydrogen-bond donors (Lipinski definition) is 0. The summed E-state index contributed by atoms with van der Waals surface area (Å²) in [6.45, 7) is 5.18. The van der Waals surface area contributed by atoms with Gasteiger partial charge in [0.15, 0.2) is 5.78 Å². The van der Waals surface area contributed by atoms with Gasteiger partial charge in [-0.3, -0.25) is 4.79 Å². The van der Waals surface area contributed by atoms with E-state index in [-0.39, 0.29) is 5.78 Å². The number of ketones is 1. The number of carbonyl (C=O) groups excluding carboxylic acids is 1. The van der Waals surface area contributed by atoms with Gasteiger partial charge in [-0.15, -0.1) is 0 Å². The van der Waals surface area contributed by atoms with Gasteiger partial charge < -0.3 is 4.90 Å². The number of carbonyl (C=O) groups is 1. The quantitative estimate of drug-likeness (QED) is 0.695. The number of benzene rings is 1. The number of rotatable bonds is 7. The molecular formula is C15H22ClNO. The van der Waals surface area contributed by atoms with E-state index in [1.807, 2.05) is 12.1 Å². The van der Waals surface area contributed by atoms with Crippen molar-refractivity contribution in [1.29, 1.82) is 0 Å². The summed E-state index contributed by atoms with van der Waals surface area (Å²) in [5.41, 5.74) is 0.707. The number of Topliss-reactive ketones (excluding diaryl/α,β-unsaturated/α-hetero) is 1. The molecule has 3 heteroatoms. The molecule has 1 aromatic carbocycles. The van der Waals surface area contributed by atoms with Crippen LogP contribution in [0.3, 0.4) is 0 Å². The van der Waals surface area contributed by atoms with Gasteiger partial charge in [0, 0.05) is 29.6 Å². The first-order chi connectivity index (χ1) is 8.54. The minimum absolute atomic E-state index is 0.160. The van der Waals surface area contributed by atoms with Crippen molar-refractivity contribution in [2.45, 2.75) is 39.2 Å². The Bertz CT molecular complexity index is 392. The molecule has 0 aliphatic heterocycles. The zero-order valence-electron chi connectivity index (χ0n) is 11.4. The lowest BCUT2D eigenvalue weighted by Crippen LogP contribution is -2.30. The molecule has 0 bridgehead atoms. The molecule has 0 saturated carbocycles. The Kier molecular flexibility index (Phi) is 6.37. The van der Waals surface area contributed by atoms with Gasteiger partial charge in [-0.2, -0.15) is 0 Å². The molecule has 0 N–H and O–H groups in total. The van der Waals surface area contributed by atoms with Crippen LogP contribution in [0.25, 0.3) is 0 Å². The highest BCUT2D eigenvalue weighted by atomic mass is 35.5. The first-order valence-corrected chi connectivity index (χ1v) is 6.91. The van der Waals surface area contributed by atoms with Crippen LogP contribution in [0.1, 0.15) is 43.5 Å². The maximum Gasteiger partial charge on any atom is 0.164 e. The average molecular weight is 268 g/mol. The van der Waals surface area contributed by atoms with Crippen LogP contribution < -0.4 is 0 Å². The van der Waals surface area contributed by atoms with E-state index in [4.69, 9.17) is 11.6 Å². The summed E-state index contributed by atoms with van der Waals surface area (Å²) in [7, 11) is 2.07. The Morgan fingerprint density at radius 3 is 2.78 bits per heavy atom. The van der Waals surface area contributed by atoms with Crippen molar-refractivity contribution in [1.82, 2.24) is 4.90 Å². The molecular weight excluding hydrogens is 246 g/mol. The zero-order chi connectivity index (χ0) is 13.5. The molecule has 0 fully saturated rings. The van der Waals surface area contributed by atoms with Crippen LogP contribution >= 0.6 is 11.6 Å². The van der Waals surface area contributed by atoms with Gasteiger partial charge in [-0.1, -0.05) is 37.1 Å². The summed E-state index contributed by atoms with van der Waals surface area (Å²) in [4.78, 5) is 14.2. The summed E-state index contributed by atoms with van der Waals surface area (Å²) in [5.74, 6) is 0.160. The third kappa shape index (κ3) is 4.79. The maximum absolute atomic E-state index is 12.0. The van der Waals surface area contributed by atoms with Gasteiger partial charge in [0.2, 0.25) is 0 Å². The standard InChI is InChI=1S/C15H22ClNO/c1-4-6-12(2)17(3)10-9-15(18)13-7-5-8-14(16)11-13/h5,7-8,11-12H,4,6,9-10H2,1-3H3. The van der Waals surface area contributed by atoms with E-state index < -0.39 is 0 Å². The van der Waals surface area contributed by atoms with Crippen LogP contribution in [-0.4, -0.2) is 30.3 Å². The number of hydrogen-bond acceptors (Lipinski definition) is 2. The average Bonchev–Trinajstić information content (AvgIpc) is 2.35. The molecule has 0 radical (unpaired) electrons. The van der Waals surface area contributed by atoms with Gasteiger partial charge >= 0.3 is 0 Å². The van der Waals surface area contributed by atoms with Gasteiger partial charge in [0.1, 0.15) is 0 Å². The van der Waals surface area contributed by atoms with Crippen LogP contribution in [0.2, 0.25) is 5.02 Å². The molecule has 2 nitrogen and oxygen atoms in total. The molecule has 0 amide bonds. The van der Waals surface area contributed by atoms with Crippen molar-refractivity contribution in [3.05, 3.63) is 34.9 Å². The summed E-state index contributed by atoms with van der Waals surface area (Å²) in [6.07, 6.45) is 2.89. The fourth-order valence-corrected chi connectivity index (χ4v) is 2.13. The van der Waals surface area contributed by atoms with Crippen LogP contribution in [-0.2, 0) is 0 Å². The first kappa shape index (κ1) is 15.2. The van der Waals surface area contributed by atoms with Crippen molar-refractivity contribution in [3.63, 3.8) is 0 Å². The van der Waals surface area contributed by atoms with E-state index in [1.165, 1.54) is 12.8 Å². The second-order valence-electron chi connectivity index (χ2n) is 4.80. The highest BCUT2D eigenvalue weighted by Crippen LogP contribution is 2.13. The maximum atomic E-state index is 12.0. The lowest BCUT2D eigenvalue weighted by molar-refractivity contribution is 0.0961. The fraction of sp³-hybridized carbons (Fsp3) is 0.533. The molecule has 1 unspecified atom stereocenters. The minimum Gasteiger partial charge on any atom is -0.303 e. The van der Waals surface area contributed by atoms with Crippen molar-refractivity contribution in [3.8, 4) is 0 Å². The first-order valence-electron chi connectivity index (χ1n) is 6.53. The Hall–Kier alpha value is -0.860. The van der Waals surface area contributed by atoms with Gasteiger partial charge in [0.25, 0.3) is 0 Å². The zero-order valence-corrected chi connectivity index (χ0v) is 12.2. The fourth-order valence-electron chi connectivity index (χ4n) is 1.94. The molecule has 0 saturated heterocycles. The molecule has 0 aliphatic rings. The van der Waals surface area contributed by atoms with Crippen LogP contribution in [0.5, 0.6) is 0 Å².